The van der Waals surface area contributed by atoms with Gasteiger partial charge in [-0.15, -0.1) is 0 Å². The third kappa shape index (κ3) is 4.76. The van der Waals surface area contributed by atoms with E-state index >= 15 is 0 Å². The molecule has 0 aliphatic rings. The number of rotatable bonds is 5. The van der Waals surface area contributed by atoms with Crippen molar-refractivity contribution in [1.29, 1.82) is 0 Å². The highest BCUT2D eigenvalue weighted by atomic mass is 35.5. The summed E-state index contributed by atoms with van der Waals surface area (Å²) in [6.45, 7) is 0. The zero-order valence-electron chi connectivity index (χ0n) is 15.9. The summed E-state index contributed by atoms with van der Waals surface area (Å²) in [6.07, 6.45) is 1.57. The normalized spacial score (nSPS) is 10.5. The molecule has 3 aromatic carbocycles. The number of nitrogens with zero attached hydrogens (tertiary/aromatic N) is 2. The molecule has 8 heteroatoms. The van der Waals surface area contributed by atoms with Crippen molar-refractivity contribution in [2.24, 2.45) is 0 Å². The summed E-state index contributed by atoms with van der Waals surface area (Å²) in [6, 6.07) is 19.0. The highest BCUT2D eigenvalue weighted by Crippen LogP contribution is 2.26. The molecule has 0 saturated heterocycles. The maximum atomic E-state index is 12.1. The van der Waals surface area contributed by atoms with Gasteiger partial charge in [0.2, 0.25) is 5.88 Å². The van der Waals surface area contributed by atoms with Crippen LogP contribution in [0, 0.1) is 0 Å². The van der Waals surface area contributed by atoms with Crippen molar-refractivity contribution in [2.45, 2.75) is 0 Å². The fraction of sp³-hybridized carbons (Fsp3) is 0.0455. The van der Waals surface area contributed by atoms with E-state index < -0.39 is 0 Å². The Labute approximate surface area is 177 Å². The second-order valence-corrected chi connectivity index (χ2v) is 6.72. The molecule has 4 rings (SSSR count). The van der Waals surface area contributed by atoms with Crippen molar-refractivity contribution >= 4 is 40.0 Å². The first-order valence-electron chi connectivity index (χ1n) is 9.01. The number of ether oxygens (including phenoxy) is 2. The van der Waals surface area contributed by atoms with Gasteiger partial charge in [0.05, 0.1) is 24.3 Å². The lowest BCUT2D eigenvalue weighted by atomic mass is 10.2. The second kappa shape index (κ2) is 8.67. The van der Waals surface area contributed by atoms with Gasteiger partial charge in [0.15, 0.2) is 0 Å². The topological polar surface area (TPSA) is 85.4 Å². The molecule has 150 valence electrons. The van der Waals surface area contributed by atoms with Crippen LogP contribution < -0.4 is 20.1 Å². The Morgan fingerprint density at radius 2 is 1.67 bits per heavy atom. The van der Waals surface area contributed by atoms with E-state index in [4.69, 9.17) is 21.1 Å². The van der Waals surface area contributed by atoms with Crippen molar-refractivity contribution in [1.82, 2.24) is 9.97 Å². The van der Waals surface area contributed by atoms with Crippen LogP contribution in [0.25, 0.3) is 11.0 Å². The van der Waals surface area contributed by atoms with Crippen LogP contribution in [0.2, 0.25) is 5.02 Å². The minimum atomic E-state index is -0.368. The molecule has 30 heavy (non-hydrogen) atoms. The lowest BCUT2D eigenvalue weighted by Gasteiger charge is -2.10. The maximum absolute atomic E-state index is 12.1. The van der Waals surface area contributed by atoms with Gasteiger partial charge < -0.3 is 20.1 Å². The number of nitrogens with one attached hydrogen (secondary N) is 2. The van der Waals surface area contributed by atoms with E-state index in [9.17, 15) is 4.79 Å². The predicted octanol–water partition coefficient (Wildman–Crippen LogP) is 5.73. The number of fused-ring (bicyclic) bond motifs is 1. The van der Waals surface area contributed by atoms with Crippen LogP contribution >= 0.6 is 11.6 Å². The van der Waals surface area contributed by atoms with Crippen molar-refractivity contribution in [3.05, 3.63) is 77.9 Å². The highest BCUT2D eigenvalue weighted by molar-refractivity contribution is 6.30. The first-order chi connectivity index (χ1) is 14.6. The number of carbonyl (C=O) groups is 1. The SMILES string of the molecule is COc1cnc2ccc(Oc3ccc(NC(=O)Nc4cccc(Cl)c4)cc3)cc2n1. The van der Waals surface area contributed by atoms with E-state index in [0.717, 1.165) is 5.52 Å². The Morgan fingerprint density at radius 1 is 0.900 bits per heavy atom. The van der Waals surface area contributed by atoms with Crippen LogP contribution in [0.3, 0.4) is 0 Å². The van der Waals surface area contributed by atoms with Crippen LogP contribution in [0.15, 0.2) is 72.9 Å². The molecule has 0 aliphatic carbocycles. The maximum Gasteiger partial charge on any atom is 0.323 e. The average molecular weight is 421 g/mol. The number of hydrogen-bond donors (Lipinski definition) is 2. The van der Waals surface area contributed by atoms with Crippen molar-refractivity contribution in [3.63, 3.8) is 0 Å². The van der Waals surface area contributed by atoms with E-state index in [-0.39, 0.29) is 6.03 Å². The van der Waals surface area contributed by atoms with E-state index in [1.165, 1.54) is 0 Å². The molecule has 0 saturated carbocycles. The molecule has 2 amide bonds. The first kappa shape index (κ1) is 19.5. The van der Waals surface area contributed by atoms with E-state index in [1.54, 1.807) is 67.9 Å². The zero-order chi connectivity index (χ0) is 20.9. The molecular weight excluding hydrogens is 404 g/mol. The largest absolute Gasteiger partial charge is 0.480 e. The minimum Gasteiger partial charge on any atom is -0.480 e. The summed E-state index contributed by atoms with van der Waals surface area (Å²) in [5, 5.41) is 6.03. The zero-order valence-corrected chi connectivity index (χ0v) is 16.7. The quantitative estimate of drug-likeness (QED) is 0.430. The molecule has 0 aliphatic heterocycles. The molecular formula is C22H17ClN4O3. The lowest BCUT2D eigenvalue weighted by molar-refractivity contribution is 0.262. The van der Waals surface area contributed by atoms with Gasteiger partial charge in [-0.3, -0.25) is 0 Å². The minimum absolute atomic E-state index is 0.368. The van der Waals surface area contributed by atoms with Crippen molar-refractivity contribution < 1.29 is 14.3 Å². The van der Waals surface area contributed by atoms with Crippen LogP contribution in [-0.4, -0.2) is 23.1 Å². The van der Waals surface area contributed by atoms with Crippen LogP contribution in [0.5, 0.6) is 17.4 Å². The summed E-state index contributed by atoms with van der Waals surface area (Å²) in [5.74, 6) is 1.67. The third-order valence-corrected chi connectivity index (χ3v) is 4.37. The lowest BCUT2D eigenvalue weighted by Crippen LogP contribution is -2.19. The summed E-state index contributed by atoms with van der Waals surface area (Å²) in [5.41, 5.74) is 2.64. The second-order valence-electron chi connectivity index (χ2n) is 6.28. The fourth-order valence-corrected chi connectivity index (χ4v) is 2.93. The molecule has 0 atom stereocenters. The molecule has 4 aromatic rings. The molecule has 0 fully saturated rings. The van der Waals surface area contributed by atoms with Crippen molar-refractivity contribution in [2.75, 3.05) is 17.7 Å². The van der Waals surface area contributed by atoms with Gasteiger partial charge in [-0.05, 0) is 54.6 Å². The molecule has 0 spiro atoms. The smallest absolute Gasteiger partial charge is 0.323 e. The number of urea groups is 1. The number of carbonyl (C=O) groups excluding carboxylic acids is 1. The number of aromatic nitrogens is 2. The first-order valence-corrected chi connectivity index (χ1v) is 9.39. The van der Waals surface area contributed by atoms with Gasteiger partial charge >= 0.3 is 6.03 Å². The monoisotopic (exact) mass is 420 g/mol. The average Bonchev–Trinajstić information content (AvgIpc) is 2.74. The van der Waals surface area contributed by atoms with Gasteiger partial charge in [-0.25, -0.2) is 14.8 Å². The van der Waals surface area contributed by atoms with E-state index in [2.05, 4.69) is 20.6 Å². The van der Waals surface area contributed by atoms with Crippen LogP contribution in [0.4, 0.5) is 16.2 Å². The van der Waals surface area contributed by atoms with Gasteiger partial charge in [0.25, 0.3) is 0 Å². The number of anilines is 2. The molecule has 0 unspecified atom stereocenters. The standard InChI is InChI=1S/C22H17ClN4O3/c1-29-21-13-24-19-10-9-18(12-20(19)27-21)30-17-7-5-15(6-8-17)25-22(28)26-16-4-2-3-14(23)11-16/h2-13H,1H3,(H2,25,26,28). The Balaban J connectivity index is 1.41. The Hall–Kier alpha value is -3.84. The number of halogens is 1. The van der Waals surface area contributed by atoms with Gasteiger partial charge in [0.1, 0.15) is 11.5 Å². The van der Waals surface area contributed by atoms with Gasteiger partial charge in [-0.2, -0.15) is 0 Å². The molecule has 2 N–H and O–H groups in total. The van der Waals surface area contributed by atoms with Crippen LogP contribution in [0.1, 0.15) is 0 Å². The fourth-order valence-electron chi connectivity index (χ4n) is 2.74. The summed E-state index contributed by atoms with van der Waals surface area (Å²) >= 11 is 5.92. The summed E-state index contributed by atoms with van der Waals surface area (Å²) in [4.78, 5) is 20.8. The molecule has 0 bridgehead atoms. The molecule has 7 nitrogen and oxygen atoms in total. The van der Waals surface area contributed by atoms with Crippen LogP contribution in [-0.2, 0) is 0 Å². The number of hydrogen-bond acceptors (Lipinski definition) is 5. The number of benzene rings is 3. The van der Waals surface area contributed by atoms with Gasteiger partial charge in [-0.1, -0.05) is 17.7 Å². The van der Waals surface area contributed by atoms with Gasteiger partial charge in [0, 0.05) is 22.5 Å². The van der Waals surface area contributed by atoms with E-state index in [0.29, 0.717) is 39.3 Å². The van der Waals surface area contributed by atoms with E-state index in [1.807, 2.05) is 12.1 Å². The number of amides is 2. The molecule has 1 aromatic heterocycles. The van der Waals surface area contributed by atoms with Crippen molar-refractivity contribution in [3.8, 4) is 17.4 Å². The highest BCUT2D eigenvalue weighted by Gasteiger charge is 2.06. The Bertz CT molecular complexity index is 1200. The number of methoxy groups -OCH3 is 1. The Morgan fingerprint density at radius 3 is 2.43 bits per heavy atom. The molecule has 1 heterocycles. The predicted molar refractivity (Wildman–Crippen MR) is 117 cm³/mol. The Kier molecular flexibility index (Phi) is 5.63. The third-order valence-electron chi connectivity index (χ3n) is 4.13. The summed E-state index contributed by atoms with van der Waals surface area (Å²) in [7, 11) is 1.54. The molecule has 0 radical (unpaired) electrons. The summed E-state index contributed by atoms with van der Waals surface area (Å²) < 4.78 is 11.0.